The van der Waals surface area contributed by atoms with Crippen molar-refractivity contribution >= 4 is 23.3 Å². The number of ether oxygens (including phenoxy) is 1. The summed E-state index contributed by atoms with van der Waals surface area (Å²) in [7, 11) is 3.95. The fourth-order valence-corrected chi connectivity index (χ4v) is 5.54. The Morgan fingerprint density at radius 3 is 2.51 bits per heavy atom. The van der Waals surface area contributed by atoms with Gasteiger partial charge in [-0.3, -0.25) is 14.5 Å². The molecular weight excluding hydrogens is 568 g/mol. The summed E-state index contributed by atoms with van der Waals surface area (Å²) in [6.45, 7) is 11.0. The van der Waals surface area contributed by atoms with E-state index < -0.39 is 6.03 Å². The second-order valence-corrected chi connectivity index (χ2v) is 13.3. The van der Waals surface area contributed by atoms with Crippen molar-refractivity contribution in [3.63, 3.8) is 0 Å². The van der Waals surface area contributed by atoms with Crippen LogP contribution >= 0.6 is 0 Å². The average molecular weight is 613 g/mol. The van der Waals surface area contributed by atoms with Gasteiger partial charge in [-0.2, -0.15) is 0 Å². The molecule has 0 fully saturated rings. The lowest BCUT2D eigenvalue weighted by Crippen LogP contribution is -2.36. The zero-order valence-corrected chi connectivity index (χ0v) is 27.3. The van der Waals surface area contributed by atoms with Crippen LogP contribution in [0.15, 0.2) is 48.7 Å². The van der Waals surface area contributed by atoms with Crippen molar-refractivity contribution < 1.29 is 14.3 Å². The minimum Gasteiger partial charge on any atom is -0.484 e. The average Bonchev–Trinajstić information content (AvgIpc) is 3.41. The maximum Gasteiger partial charge on any atom is 0.320 e. The number of nitrogens with zero attached hydrogens (tertiary/aromatic N) is 6. The molecule has 2 N–H and O–H groups in total. The van der Waals surface area contributed by atoms with E-state index in [9.17, 15) is 9.59 Å². The zero-order valence-electron chi connectivity index (χ0n) is 27.3. The molecular formula is C34H44N8O3. The Bertz CT molecular complexity index is 1670. The van der Waals surface area contributed by atoms with E-state index in [0.717, 1.165) is 34.9 Å². The summed E-state index contributed by atoms with van der Waals surface area (Å²) in [6, 6.07) is 13.0. The van der Waals surface area contributed by atoms with Gasteiger partial charge in [0.05, 0.1) is 17.9 Å². The molecule has 238 valence electrons. The quantitative estimate of drug-likeness (QED) is 0.202. The number of hydrogen-bond donors (Lipinski definition) is 2. The number of urea groups is 1. The summed E-state index contributed by atoms with van der Waals surface area (Å²) >= 11 is 0. The lowest BCUT2D eigenvalue weighted by Gasteiger charge is -2.32. The fourth-order valence-electron chi connectivity index (χ4n) is 5.54. The molecule has 2 atom stereocenters. The third-order valence-electron chi connectivity index (χ3n) is 7.93. The summed E-state index contributed by atoms with van der Waals surface area (Å²) in [5.74, 6) is 2.14. The number of fused-ring (bicyclic) bond motifs is 2. The third-order valence-corrected chi connectivity index (χ3v) is 7.93. The van der Waals surface area contributed by atoms with Crippen molar-refractivity contribution in [1.29, 1.82) is 0 Å². The summed E-state index contributed by atoms with van der Waals surface area (Å²) in [5, 5.41) is 14.6. The normalized spacial score (nSPS) is 16.6. The van der Waals surface area contributed by atoms with Gasteiger partial charge < -0.3 is 15.0 Å². The summed E-state index contributed by atoms with van der Waals surface area (Å²) in [6.07, 6.45) is 4.22. The number of anilines is 1. The molecule has 2 amide bonds. The van der Waals surface area contributed by atoms with Gasteiger partial charge in [-0.1, -0.05) is 58.9 Å². The molecule has 4 aromatic rings. The van der Waals surface area contributed by atoms with Crippen molar-refractivity contribution in [2.24, 2.45) is 0 Å². The topological polar surface area (TPSA) is 127 Å². The number of ketones is 1. The van der Waals surface area contributed by atoms with Crippen LogP contribution in [0.1, 0.15) is 112 Å². The molecule has 0 aliphatic heterocycles. The highest BCUT2D eigenvalue weighted by atomic mass is 16.5. The maximum atomic E-state index is 13.3. The first kappa shape index (κ1) is 32.0. The van der Waals surface area contributed by atoms with Crippen LogP contribution in [-0.2, 0) is 5.41 Å². The van der Waals surface area contributed by atoms with Gasteiger partial charge >= 0.3 is 6.03 Å². The molecule has 1 aliphatic carbocycles. The van der Waals surface area contributed by atoms with Gasteiger partial charge in [-0.25, -0.2) is 14.8 Å². The second-order valence-electron chi connectivity index (χ2n) is 13.3. The molecule has 0 bridgehead atoms. The van der Waals surface area contributed by atoms with Crippen LogP contribution in [0, 0.1) is 0 Å². The first-order valence-corrected chi connectivity index (χ1v) is 15.6. The predicted octanol–water partition coefficient (Wildman–Crippen LogP) is 6.24. The molecule has 0 saturated heterocycles. The van der Waals surface area contributed by atoms with Gasteiger partial charge in [0.25, 0.3) is 0 Å². The lowest BCUT2D eigenvalue weighted by atomic mass is 9.85. The Morgan fingerprint density at radius 2 is 1.80 bits per heavy atom. The highest BCUT2D eigenvalue weighted by Gasteiger charge is 2.30. The minimum absolute atomic E-state index is 0.129. The molecule has 45 heavy (non-hydrogen) atoms. The van der Waals surface area contributed by atoms with Crippen molar-refractivity contribution in [2.75, 3.05) is 26.0 Å². The molecule has 0 saturated carbocycles. The molecule has 11 heteroatoms. The van der Waals surface area contributed by atoms with E-state index in [1.807, 2.05) is 80.7 Å². The number of hydrogen-bond acceptors (Lipinski definition) is 8. The first-order chi connectivity index (χ1) is 21.4. The number of Topliss-reactive ketones (excluding diaryl/α,β-unsaturated/α-hetero) is 1. The molecule has 0 spiro atoms. The smallest absolute Gasteiger partial charge is 0.320 e. The molecule has 1 aliphatic rings. The van der Waals surface area contributed by atoms with Crippen LogP contribution in [0.4, 0.5) is 10.6 Å². The SMILES string of the molecule is CC(C)c1nnc2ccc(O[C@@H]3CC[C@H](NC(=O)Nc4cc(C(C)(C)C)nc(C(=O)CCCN(C)C)n4)c4ccccc43)cn12. The van der Waals surface area contributed by atoms with Gasteiger partial charge in [-0.05, 0) is 63.2 Å². The van der Waals surface area contributed by atoms with Crippen LogP contribution in [0.3, 0.4) is 0 Å². The van der Waals surface area contributed by atoms with Crippen molar-refractivity contribution in [3.8, 4) is 5.75 Å². The largest absolute Gasteiger partial charge is 0.484 e. The third kappa shape index (κ3) is 7.65. The number of nitrogens with one attached hydrogen (secondary N) is 2. The second kappa shape index (κ2) is 13.3. The van der Waals surface area contributed by atoms with Gasteiger partial charge in [0.15, 0.2) is 17.3 Å². The van der Waals surface area contributed by atoms with Crippen molar-refractivity contribution in [1.82, 2.24) is 34.8 Å². The highest BCUT2D eigenvalue weighted by Crippen LogP contribution is 2.39. The molecule has 5 rings (SSSR count). The summed E-state index contributed by atoms with van der Waals surface area (Å²) in [4.78, 5) is 37.3. The fraction of sp³-hybridized carbons (Fsp3) is 0.471. The number of carbonyl (C=O) groups is 2. The summed E-state index contributed by atoms with van der Waals surface area (Å²) in [5.41, 5.74) is 3.18. The van der Waals surface area contributed by atoms with Crippen LogP contribution in [0.5, 0.6) is 5.75 Å². The molecule has 3 heterocycles. The lowest BCUT2D eigenvalue weighted by molar-refractivity contribution is 0.0966. The van der Waals surface area contributed by atoms with Crippen LogP contribution in [0.2, 0.25) is 0 Å². The van der Waals surface area contributed by atoms with Crippen molar-refractivity contribution in [2.45, 2.75) is 83.8 Å². The van der Waals surface area contributed by atoms with E-state index in [2.05, 4.69) is 50.7 Å². The van der Waals surface area contributed by atoms with E-state index in [0.29, 0.717) is 37.2 Å². The highest BCUT2D eigenvalue weighted by molar-refractivity contribution is 5.94. The van der Waals surface area contributed by atoms with Crippen molar-refractivity contribution in [3.05, 3.63) is 77.1 Å². The first-order valence-electron chi connectivity index (χ1n) is 15.6. The zero-order chi connectivity index (χ0) is 32.3. The van der Waals surface area contributed by atoms with Gasteiger partial charge in [-0.15, -0.1) is 10.2 Å². The minimum atomic E-state index is -0.391. The number of benzene rings is 1. The van der Waals surface area contributed by atoms with Crippen LogP contribution in [0.25, 0.3) is 5.65 Å². The van der Waals surface area contributed by atoms with Gasteiger partial charge in [0.2, 0.25) is 0 Å². The van der Waals surface area contributed by atoms with Gasteiger partial charge in [0.1, 0.15) is 23.5 Å². The Kier molecular flexibility index (Phi) is 9.48. The van der Waals surface area contributed by atoms with E-state index in [1.54, 1.807) is 6.07 Å². The molecule has 0 radical (unpaired) electrons. The van der Waals surface area contributed by atoms with E-state index in [4.69, 9.17) is 4.74 Å². The van der Waals surface area contributed by atoms with E-state index in [1.165, 1.54) is 0 Å². The Balaban J connectivity index is 1.30. The maximum absolute atomic E-state index is 13.3. The van der Waals surface area contributed by atoms with Gasteiger partial charge in [0, 0.05) is 23.8 Å². The summed E-state index contributed by atoms with van der Waals surface area (Å²) < 4.78 is 8.48. The Hall–Kier alpha value is -4.38. The number of amides is 2. The van der Waals surface area contributed by atoms with Crippen LogP contribution < -0.4 is 15.4 Å². The Labute approximate surface area is 264 Å². The molecule has 3 aromatic heterocycles. The van der Waals surface area contributed by atoms with Crippen LogP contribution in [-0.4, -0.2) is 61.9 Å². The molecule has 0 unspecified atom stereocenters. The molecule has 11 nitrogen and oxygen atoms in total. The van der Waals surface area contributed by atoms with E-state index in [-0.39, 0.29) is 35.1 Å². The molecule has 1 aromatic carbocycles. The number of carbonyl (C=O) groups excluding carboxylic acids is 2. The number of pyridine rings is 1. The predicted molar refractivity (Wildman–Crippen MR) is 174 cm³/mol. The monoisotopic (exact) mass is 612 g/mol. The number of rotatable bonds is 10. The number of aromatic nitrogens is 5. The van der Waals surface area contributed by atoms with E-state index >= 15 is 0 Å². The standard InChI is InChI=1S/C34H44N8O3/c1-21(2)32-40-39-30-17-14-22(20-42(30)32)45-27-16-15-25(23-11-8-9-12-24(23)27)35-33(44)38-29-19-28(34(3,4)5)36-31(37-29)26(43)13-10-18-41(6)7/h8-9,11-12,14,17,19-21,25,27H,10,13,15-16,18H2,1-7H3,(H2,35,36,37,38,44)/t25-,27+/m0/s1. The Morgan fingerprint density at radius 1 is 1.04 bits per heavy atom.